The molecule has 0 saturated carbocycles. The second-order valence-electron chi connectivity index (χ2n) is 6.00. The van der Waals surface area contributed by atoms with Gasteiger partial charge in [-0.3, -0.25) is 9.59 Å². The van der Waals surface area contributed by atoms with Crippen LogP contribution in [0.15, 0.2) is 24.3 Å². The van der Waals surface area contributed by atoms with Crippen LogP contribution in [0, 0.1) is 5.92 Å². The van der Waals surface area contributed by atoms with Gasteiger partial charge in [-0.1, -0.05) is 12.1 Å². The van der Waals surface area contributed by atoms with Crippen molar-refractivity contribution in [1.82, 2.24) is 10.6 Å². The molecule has 2 atom stereocenters. The summed E-state index contributed by atoms with van der Waals surface area (Å²) < 4.78 is 5.60. The molecule has 0 bridgehead atoms. The minimum atomic E-state index is -0.294. The fraction of sp³-hybridized carbons (Fsp3) is 0.529. The Balaban J connectivity index is 1.68. The minimum absolute atomic E-state index is 0.0246. The third-order valence-electron chi connectivity index (χ3n) is 4.36. The van der Waals surface area contributed by atoms with E-state index in [4.69, 9.17) is 4.74 Å². The highest BCUT2D eigenvalue weighted by molar-refractivity contribution is 6.01. The number of ether oxygens (including phenoxy) is 1. The summed E-state index contributed by atoms with van der Waals surface area (Å²) >= 11 is 0. The van der Waals surface area contributed by atoms with Crippen molar-refractivity contribution >= 4 is 17.5 Å². The minimum Gasteiger partial charge on any atom is -0.492 e. The van der Waals surface area contributed by atoms with Gasteiger partial charge in [-0.15, -0.1) is 0 Å². The van der Waals surface area contributed by atoms with E-state index >= 15 is 0 Å². The molecular formula is C17H23N3O3. The van der Waals surface area contributed by atoms with Gasteiger partial charge < -0.3 is 20.3 Å². The highest BCUT2D eigenvalue weighted by Gasteiger charge is 2.37. The molecule has 2 aliphatic rings. The lowest BCUT2D eigenvalue weighted by Gasteiger charge is -2.20. The Bertz CT molecular complexity index is 584. The van der Waals surface area contributed by atoms with Crippen LogP contribution in [0.4, 0.5) is 5.69 Å². The molecule has 1 aromatic carbocycles. The molecule has 6 nitrogen and oxygen atoms in total. The Kier molecular flexibility index (Phi) is 4.81. The van der Waals surface area contributed by atoms with Gasteiger partial charge in [0.1, 0.15) is 5.75 Å². The predicted molar refractivity (Wildman–Crippen MR) is 87.5 cm³/mol. The van der Waals surface area contributed by atoms with E-state index in [1.165, 1.54) is 0 Å². The molecule has 0 aliphatic carbocycles. The Morgan fingerprint density at radius 1 is 1.43 bits per heavy atom. The van der Waals surface area contributed by atoms with Crippen LogP contribution in [0.3, 0.4) is 0 Å². The molecule has 2 amide bonds. The van der Waals surface area contributed by atoms with Gasteiger partial charge >= 0.3 is 0 Å². The first-order chi connectivity index (χ1) is 11.2. The molecule has 6 heteroatoms. The standard InChI is InChI=1S/C17H23N3O3/c1-2-23-15-6-4-3-5-14(15)20-11-12(9-16(20)21)17(22)19-13-7-8-18-10-13/h3-6,12-13,18H,2,7-11H2,1H3,(H,19,22). The van der Waals surface area contributed by atoms with E-state index in [1.807, 2.05) is 31.2 Å². The van der Waals surface area contributed by atoms with Gasteiger partial charge in [-0.25, -0.2) is 0 Å². The Morgan fingerprint density at radius 3 is 3.00 bits per heavy atom. The predicted octanol–water partition coefficient (Wildman–Crippen LogP) is 0.916. The van der Waals surface area contributed by atoms with Crippen molar-refractivity contribution in [2.45, 2.75) is 25.8 Å². The summed E-state index contributed by atoms with van der Waals surface area (Å²) in [5.41, 5.74) is 0.747. The van der Waals surface area contributed by atoms with Gasteiger partial charge in [0.05, 0.1) is 18.2 Å². The number of amides is 2. The molecule has 2 N–H and O–H groups in total. The van der Waals surface area contributed by atoms with E-state index in [0.29, 0.717) is 18.9 Å². The number of benzene rings is 1. The highest BCUT2D eigenvalue weighted by atomic mass is 16.5. The molecule has 2 unspecified atom stereocenters. The maximum Gasteiger partial charge on any atom is 0.227 e. The summed E-state index contributed by atoms with van der Waals surface area (Å²) in [6, 6.07) is 7.66. The smallest absolute Gasteiger partial charge is 0.227 e. The SMILES string of the molecule is CCOc1ccccc1N1CC(C(=O)NC2CCNC2)CC1=O. The normalized spacial score (nSPS) is 24.0. The van der Waals surface area contributed by atoms with Gasteiger partial charge in [0.25, 0.3) is 0 Å². The first-order valence-electron chi connectivity index (χ1n) is 8.22. The van der Waals surface area contributed by atoms with Gasteiger partial charge in [-0.05, 0) is 32.0 Å². The lowest BCUT2D eigenvalue weighted by atomic mass is 10.1. The third-order valence-corrected chi connectivity index (χ3v) is 4.36. The van der Waals surface area contributed by atoms with Gasteiger partial charge in [-0.2, -0.15) is 0 Å². The topological polar surface area (TPSA) is 70.7 Å². The molecule has 2 heterocycles. The molecule has 0 spiro atoms. The van der Waals surface area contributed by atoms with Crippen LogP contribution in [0.25, 0.3) is 0 Å². The van der Waals surface area contributed by atoms with Crippen molar-refractivity contribution in [2.75, 3.05) is 31.1 Å². The summed E-state index contributed by atoms with van der Waals surface area (Å²) in [5.74, 6) is 0.340. The van der Waals surface area contributed by atoms with E-state index in [9.17, 15) is 9.59 Å². The quantitative estimate of drug-likeness (QED) is 0.847. The van der Waals surface area contributed by atoms with Crippen molar-refractivity contribution in [3.05, 3.63) is 24.3 Å². The molecule has 0 radical (unpaired) electrons. The Morgan fingerprint density at radius 2 is 2.26 bits per heavy atom. The van der Waals surface area contributed by atoms with E-state index in [0.717, 1.165) is 25.2 Å². The van der Waals surface area contributed by atoms with Gasteiger partial charge in [0.2, 0.25) is 11.8 Å². The monoisotopic (exact) mass is 317 g/mol. The summed E-state index contributed by atoms with van der Waals surface area (Å²) in [4.78, 5) is 26.4. The second-order valence-corrected chi connectivity index (χ2v) is 6.00. The number of para-hydroxylation sites is 2. The van der Waals surface area contributed by atoms with Crippen LogP contribution in [-0.4, -0.2) is 44.1 Å². The van der Waals surface area contributed by atoms with Crippen molar-refractivity contribution in [3.63, 3.8) is 0 Å². The Hall–Kier alpha value is -2.08. The number of hydrogen-bond acceptors (Lipinski definition) is 4. The molecule has 2 saturated heterocycles. The number of carbonyl (C=O) groups is 2. The molecule has 0 aromatic heterocycles. The fourth-order valence-corrected chi connectivity index (χ4v) is 3.17. The number of nitrogens with one attached hydrogen (secondary N) is 2. The van der Waals surface area contributed by atoms with Gasteiger partial charge in [0, 0.05) is 25.6 Å². The molecule has 124 valence electrons. The summed E-state index contributed by atoms with van der Waals surface area (Å²) in [7, 11) is 0. The summed E-state index contributed by atoms with van der Waals surface area (Å²) in [6.45, 7) is 4.60. The molecule has 2 fully saturated rings. The maximum atomic E-state index is 12.4. The summed E-state index contributed by atoms with van der Waals surface area (Å²) in [5, 5.41) is 6.27. The molecule has 3 rings (SSSR count). The first kappa shape index (κ1) is 15.8. The number of nitrogens with zero attached hydrogens (tertiary/aromatic N) is 1. The average molecular weight is 317 g/mol. The molecule has 2 aliphatic heterocycles. The van der Waals surface area contributed by atoms with E-state index in [2.05, 4.69) is 10.6 Å². The van der Waals surface area contributed by atoms with Gasteiger partial charge in [0.15, 0.2) is 0 Å². The number of rotatable bonds is 5. The van der Waals surface area contributed by atoms with Crippen LogP contribution in [0.1, 0.15) is 19.8 Å². The lowest BCUT2D eigenvalue weighted by Crippen LogP contribution is -2.40. The van der Waals surface area contributed by atoms with Crippen molar-refractivity contribution < 1.29 is 14.3 Å². The second kappa shape index (κ2) is 7.00. The number of carbonyl (C=O) groups excluding carboxylic acids is 2. The first-order valence-corrected chi connectivity index (χ1v) is 8.22. The van der Waals surface area contributed by atoms with Crippen LogP contribution < -0.4 is 20.3 Å². The van der Waals surface area contributed by atoms with Crippen LogP contribution >= 0.6 is 0 Å². The third kappa shape index (κ3) is 3.47. The van der Waals surface area contributed by atoms with Crippen molar-refractivity contribution in [2.24, 2.45) is 5.92 Å². The molecule has 23 heavy (non-hydrogen) atoms. The van der Waals surface area contributed by atoms with E-state index in [-0.39, 0.29) is 30.2 Å². The zero-order chi connectivity index (χ0) is 16.2. The Labute approximate surface area is 136 Å². The van der Waals surface area contributed by atoms with E-state index in [1.54, 1.807) is 4.90 Å². The molecule has 1 aromatic rings. The van der Waals surface area contributed by atoms with Crippen molar-refractivity contribution in [1.29, 1.82) is 0 Å². The maximum absolute atomic E-state index is 12.4. The van der Waals surface area contributed by atoms with Crippen LogP contribution in [0.5, 0.6) is 5.75 Å². The van der Waals surface area contributed by atoms with Crippen molar-refractivity contribution in [3.8, 4) is 5.75 Å². The number of anilines is 1. The number of hydrogen-bond donors (Lipinski definition) is 2. The zero-order valence-electron chi connectivity index (χ0n) is 13.4. The summed E-state index contributed by atoms with van der Waals surface area (Å²) in [6.07, 6.45) is 1.20. The highest BCUT2D eigenvalue weighted by Crippen LogP contribution is 2.33. The lowest BCUT2D eigenvalue weighted by molar-refractivity contribution is -0.126. The van der Waals surface area contributed by atoms with E-state index < -0.39 is 0 Å². The fourth-order valence-electron chi connectivity index (χ4n) is 3.17. The van der Waals surface area contributed by atoms with Crippen LogP contribution in [0.2, 0.25) is 0 Å². The van der Waals surface area contributed by atoms with Crippen LogP contribution in [-0.2, 0) is 9.59 Å². The average Bonchev–Trinajstić information content (AvgIpc) is 3.18. The molecular weight excluding hydrogens is 294 g/mol. The largest absolute Gasteiger partial charge is 0.492 e. The zero-order valence-corrected chi connectivity index (χ0v) is 13.4.